The van der Waals surface area contributed by atoms with E-state index in [4.69, 9.17) is 14.2 Å². The first-order valence-corrected chi connectivity index (χ1v) is 8.92. The molecule has 1 aliphatic rings. The second-order valence-electron chi connectivity index (χ2n) is 5.81. The molecule has 0 bridgehead atoms. The second-order valence-corrected chi connectivity index (χ2v) is 6.72. The molecule has 136 valence electrons. The standard InChI is InChI=1S/C19H17BrO6/c20-13-5-8-17(16(10-13)18(21)22)26-19(23)12-3-6-14(7-4-12)25-11-15-2-1-9-24-15/h3-8,10,15H,1-2,9,11H2,(H,21,22). The first-order chi connectivity index (χ1) is 12.5. The van der Waals surface area contributed by atoms with Crippen LogP contribution in [0.2, 0.25) is 0 Å². The maximum atomic E-state index is 12.3. The number of halogens is 1. The molecule has 3 rings (SSSR count). The molecule has 0 saturated carbocycles. The number of rotatable bonds is 6. The monoisotopic (exact) mass is 420 g/mol. The van der Waals surface area contributed by atoms with Crippen LogP contribution in [0.1, 0.15) is 33.6 Å². The molecule has 0 spiro atoms. The van der Waals surface area contributed by atoms with Crippen molar-refractivity contribution >= 4 is 27.9 Å². The number of hydrogen-bond donors (Lipinski definition) is 1. The Balaban J connectivity index is 1.64. The molecule has 2 aromatic rings. The highest BCUT2D eigenvalue weighted by Crippen LogP contribution is 2.24. The van der Waals surface area contributed by atoms with E-state index in [0.29, 0.717) is 22.4 Å². The Labute approximate surface area is 158 Å². The quantitative estimate of drug-likeness (QED) is 0.563. The van der Waals surface area contributed by atoms with Crippen LogP contribution < -0.4 is 9.47 Å². The average molecular weight is 421 g/mol. The Morgan fingerprint density at radius 1 is 1.19 bits per heavy atom. The molecule has 1 saturated heterocycles. The molecule has 0 aromatic heterocycles. The summed E-state index contributed by atoms with van der Waals surface area (Å²) in [6.07, 6.45) is 2.16. The first-order valence-electron chi connectivity index (χ1n) is 8.12. The van der Waals surface area contributed by atoms with Crippen LogP contribution >= 0.6 is 15.9 Å². The van der Waals surface area contributed by atoms with Gasteiger partial charge < -0.3 is 19.3 Å². The number of aromatic carboxylic acids is 1. The number of benzene rings is 2. The van der Waals surface area contributed by atoms with Gasteiger partial charge in [0.2, 0.25) is 0 Å². The van der Waals surface area contributed by atoms with E-state index in [-0.39, 0.29) is 17.4 Å². The zero-order valence-electron chi connectivity index (χ0n) is 13.8. The molecular weight excluding hydrogens is 404 g/mol. The molecule has 2 aromatic carbocycles. The van der Waals surface area contributed by atoms with E-state index in [2.05, 4.69) is 15.9 Å². The van der Waals surface area contributed by atoms with Crippen LogP contribution in [0.4, 0.5) is 0 Å². The zero-order valence-corrected chi connectivity index (χ0v) is 15.4. The van der Waals surface area contributed by atoms with E-state index < -0.39 is 11.9 Å². The van der Waals surface area contributed by atoms with Gasteiger partial charge in [-0.3, -0.25) is 0 Å². The number of hydrogen-bond acceptors (Lipinski definition) is 5. The van der Waals surface area contributed by atoms with Crippen LogP contribution in [-0.4, -0.2) is 36.4 Å². The fourth-order valence-corrected chi connectivity index (χ4v) is 2.93. The van der Waals surface area contributed by atoms with Crippen molar-refractivity contribution in [1.29, 1.82) is 0 Å². The number of esters is 1. The third-order valence-corrected chi connectivity index (χ3v) is 4.42. The molecule has 0 radical (unpaired) electrons. The van der Waals surface area contributed by atoms with Crippen LogP contribution in [0.3, 0.4) is 0 Å². The second kappa shape index (κ2) is 8.33. The van der Waals surface area contributed by atoms with Gasteiger partial charge in [-0.25, -0.2) is 9.59 Å². The Morgan fingerprint density at radius 3 is 2.62 bits per heavy atom. The zero-order chi connectivity index (χ0) is 18.5. The highest BCUT2D eigenvalue weighted by atomic mass is 79.9. The highest BCUT2D eigenvalue weighted by molar-refractivity contribution is 9.10. The van der Waals surface area contributed by atoms with Crippen molar-refractivity contribution in [2.45, 2.75) is 18.9 Å². The van der Waals surface area contributed by atoms with E-state index in [1.165, 1.54) is 12.1 Å². The summed E-state index contributed by atoms with van der Waals surface area (Å²) in [5, 5.41) is 9.22. The molecule has 0 aliphatic carbocycles. The molecule has 1 aliphatic heterocycles. The number of carboxylic acids is 1. The smallest absolute Gasteiger partial charge is 0.343 e. The van der Waals surface area contributed by atoms with E-state index in [9.17, 15) is 14.7 Å². The van der Waals surface area contributed by atoms with Gasteiger partial charge in [-0.2, -0.15) is 0 Å². The van der Waals surface area contributed by atoms with Crippen molar-refractivity contribution in [3.8, 4) is 11.5 Å². The summed E-state index contributed by atoms with van der Waals surface area (Å²) >= 11 is 3.20. The van der Waals surface area contributed by atoms with Crippen molar-refractivity contribution in [2.24, 2.45) is 0 Å². The Morgan fingerprint density at radius 2 is 1.96 bits per heavy atom. The van der Waals surface area contributed by atoms with E-state index in [1.54, 1.807) is 30.3 Å². The molecule has 1 atom stereocenters. The molecule has 7 heteroatoms. The summed E-state index contributed by atoms with van der Waals surface area (Å²) in [4.78, 5) is 23.5. The number of carboxylic acid groups (broad SMARTS) is 1. The van der Waals surface area contributed by atoms with Gasteiger partial charge in [0.1, 0.15) is 23.7 Å². The summed E-state index contributed by atoms with van der Waals surface area (Å²) in [6, 6.07) is 10.9. The highest BCUT2D eigenvalue weighted by Gasteiger charge is 2.18. The van der Waals surface area contributed by atoms with Gasteiger partial charge >= 0.3 is 11.9 Å². The molecule has 0 amide bonds. The Kier molecular flexibility index (Phi) is 5.90. The van der Waals surface area contributed by atoms with Crippen LogP contribution in [0.5, 0.6) is 11.5 Å². The molecule has 1 N–H and O–H groups in total. The summed E-state index contributed by atoms with van der Waals surface area (Å²) in [5.41, 5.74) is 0.206. The average Bonchev–Trinajstić information content (AvgIpc) is 3.15. The lowest BCUT2D eigenvalue weighted by Gasteiger charge is -2.12. The maximum Gasteiger partial charge on any atom is 0.343 e. The lowest BCUT2D eigenvalue weighted by molar-refractivity contribution is 0.0674. The van der Waals surface area contributed by atoms with Gasteiger partial charge in [-0.15, -0.1) is 0 Å². The topological polar surface area (TPSA) is 82.1 Å². The van der Waals surface area contributed by atoms with Crippen molar-refractivity contribution < 1.29 is 28.9 Å². The van der Waals surface area contributed by atoms with Gasteiger partial charge in [0.05, 0.1) is 11.7 Å². The van der Waals surface area contributed by atoms with Crippen molar-refractivity contribution in [3.63, 3.8) is 0 Å². The maximum absolute atomic E-state index is 12.3. The molecule has 1 unspecified atom stereocenters. The van der Waals surface area contributed by atoms with Crippen LogP contribution in [0.15, 0.2) is 46.9 Å². The van der Waals surface area contributed by atoms with Gasteiger partial charge in [-0.1, -0.05) is 15.9 Å². The largest absolute Gasteiger partial charge is 0.491 e. The minimum atomic E-state index is -1.17. The predicted octanol–water partition coefficient (Wildman–Crippen LogP) is 3.92. The van der Waals surface area contributed by atoms with Gasteiger partial charge in [0.15, 0.2) is 0 Å². The Bertz CT molecular complexity index is 796. The predicted molar refractivity (Wildman–Crippen MR) is 97.0 cm³/mol. The molecular formula is C19H17BrO6. The summed E-state index contributed by atoms with van der Waals surface area (Å²) < 4.78 is 17.0. The Hall–Kier alpha value is -2.38. The fourth-order valence-electron chi connectivity index (χ4n) is 2.57. The number of carbonyl (C=O) groups excluding carboxylic acids is 1. The minimum Gasteiger partial charge on any atom is -0.491 e. The summed E-state index contributed by atoms with van der Waals surface area (Å²) in [5.74, 6) is -1.19. The van der Waals surface area contributed by atoms with E-state index >= 15 is 0 Å². The molecule has 26 heavy (non-hydrogen) atoms. The summed E-state index contributed by atoms with van der Waals surface area (Å²) in [7, 11) is 0. The van der Waals surface area contributed by atoms with Gasteiger partial charge in [0, 0.05) is 11.1 Å². The van der Waals surface area contributed by atoms with Crippen LogP contribution in [0, 0.1) is 0 Å². The summed E-state index contributed by atoms with van der Waals surface area (Å²) in [6.45, 7) is 1.25. The molecule has 6 nitrogen and oxygen atoms in total. The number of carbonyl (C=O) groups is 2. The number of ether oxygens (including phenoxy) is 3. The van der Waals surface area contributed by atoms with Crippen molar-refractivity contribution in [2.75, 3.05) is 13.2 Å². The lowest BCUT2D eigenvalue weighted by Crippen LogP contribution is -2.16. The fraction of sp³-hybridized carbons (Fsp3) is 0.263. The normalized spacial score (nSPS) is 16.3. The molecule has 1 fully saturated rings. The third kappa shape index (κ3) is 4.62. The van der Waals surface area contributed by atoms with Crippen molar-refractivity contribution in [3.05, 3.63) is 58.1 Å². The van der Waals surface area contributed by atoms with Gasteiger partial charge in [0.25, 0.3) is 0 Å². The third-order valence-electron chi connectivity index (χ3n) is 3.92. The van der Waals surface area contributed by atoms with Gasteiger partial charge in [-0.05, 0) is 55.3 Å². The van der Waals surface area contributed by atoms with E-state index in [1.807, 2.05) is 0 Å². The lowest BCUT2D eigenvalue weighted by atomic mass is 10.2. The van der Waals surface area contributed by atoms with Crippen LogP contribution in [0.25, 0.3) is 0 Å². The molecule has 1 heterocycles. The van der Waals surface area contributed by atoms with Crippen LogP contribution in [-0.2, 0) is 4.74 Å². The van der Waals surface area contributed by atoms with Crippen molar-refractivity contribution in [1.82, 2.24) is 0 Å². The first kappa shape index (κ1) is 18.4. The minimum absolute atomic E-state index is 0.00981. The SMILES string of the molecule is O=C(Oc1ccc(Br)cc1C(=O)O)c1ccc(OCC2CCCO2)cc1. The van der Waals surface area contributed by atoms with E-state index in [0.717, 1.165) is 19.4 Å².